The lowest BCUT2D eigenvalue weighted by molar-refractivity contribution is 0.595. The molecular formula is C11H17ClN2O4S2. The van der Waals surface area contributed by atoms with E-state index in [1.54, 1.807) is 0 Å². The van der Waals surface area contributed by atoms with Gasteiger partial charge in [-0.25, -0.2) is 22.0 Å². The van der Waals surface area contributed by atoms with Crippen molar-refractivity contribution < 1.29 is 16.8 Å². The minimum atomic E-state index is -3.59. The second-order valence-corrected chi connectivity index (χ2v) is 8.16. The standard InChI is InChI=1S/C11H17ClN2O4S2/c12-7-1-2-8-20(17,18)14-11-5-3-10(4-6-11)9-19(13,15)16/h3-6,14H,1-2,7-9H2,(H2,13,15,16). The Kier molecular flexibility index (Phi) is 6.25. The number of primary sulfonamides is 1. The molecule has 1 aromatic carbocycles. The number of halogens is 1. The van der Waals surface area contributed by atoms with Crippen LogP contribution in [0.5, 0.6) is 0 Å². The van der Waals surface area contributed by atoms with Gasteiger partial charge >= 0.3 is 0 Å². The lowest BCUT2D eigenvalue weighted by Crippen LogP contribution is -2.17. The number of sulfonamides is 2. The van der Waals surface area contributed by atoms with Gasteiger partial charge in [0.1, 0.15) is 0 Å². The van der Waals surface area contributed by atoms with Crippen molar-refractivity contribution in [2.45, 2.75) is 18.6 Å². The summed E-state index contributed by atoms with van der Waals surface area (Å²) in [7, 11) is -7.00. The van der Waals surface area contributed by atoms with E-state index in [2.05, 4.69) is 4.72 Å². The fraction of sp³-hybridized carbons (Fsp3) is 0.455. The summed E-state index contributed by atoms with van der Waals surface area (Å²) in [4.78, 5) is 0. The second kappa shape index (κ2) is 7.26. The number of nitrogens with two attached hydrogens (primary N) is 1. The Balaban J connectivity index is 2.65. The Morgan fingerprint density at radius 3 is 2.15 bits per heavy atom. The maximum Gasteiger partial charge on any atom is 0.232 e. The van der Waals surface area contributed by atoms with Gasteiger partial charge in [-0.3, -0.25) is 4.72 Å². The van der Waals surface area contributed by atoms with Crippen molar-refractivity contribution in [2.75, 3.05) is 16.4 Å². The number of alkyl halides is 1. The molecule has 0 aromatic heterocycles. The zero-order valence-electron chi connectivity index (χ0n) is 10.7. The van der Waals surface area contributed by atoms with Crippen LogP contribution in [0, 0.1) is 0 Å². The number of rotatable bonds is 8. The molecule has 114 valence electrons. The number of nitrogens with one attached hydrogen (secondary N) is 1. The van der Waals surface area contributed by atoms with Crippen LogP contribution in [0.4, 0.5) is 5.69 Å². The van der Waals surface area contributed by atoms with Crippen molar-refractivity contribution in [2.24, 2.45) is 5.14 Å². The first-order valence-electron chi connectivity index (χ1n) is 5.88. The molecule has 0 amide bonds. The molecule has 0 fully saturated rings. The van der Waals surface area contributed by atoms with Gasteiger partial charge in [-0.2, -0.15) is 0 Å². The van der Waals surface area contributed by atoms with Crippen LogP contribution in [0.2, 0.25) is 0 Å². The number of anilines is 1. The molecule has 1 aromatic rings. The van der Waals surface area contributed by atoms with Crippen molar-refractivity contribution >= 4 is 37.3 Å². The summed E-state index contributed by atoms with van der Waals surface area (Å²) in [5.74, 6) is 0.145. The van der Waals surface area contributed by atoms with Crippen LogP contribution in [-0.4, -0.2) is 28.5 Å². The Morgan fingerprint density at radius 1 is 1.05 bits per heavy atom. The van der Waals surface area contributed by atoms with Crippen LogP contribution in [0.25, 0.3) is 0 Å². The van der Waals surface area contributed by atoms with Crippen molar-refractivity contribution in [1.82, 2.24) is 0 Å². The SMILES string of the molecule is NS(=O)(=O)Cc1ccc(NS(=O)(=O)CCCCCl)cc1. The number of unbranched alkanes of at least 4 members (excludes halogenated alkanes) is 1. The summed E-state index contributed by atoms with van der Waals surface area (Å²) >= 11 is 5.49. The molecule has 0 saturated carbocycles. The maximum absolute atomic E-state index is 11.7. The van der Waals surface area contributed by atoms with Crippen LogP contribution in [-0.2, 0) is 25.8 Å². The molecule has 0 saturated heterocycles. The van der Waals surface area contributed by atoms with Gasteiger partial charge in [0.15, 0.2) is 0 Å². The van der Waals surface area contributed by atoms with Crippen LogP contribution < -0.4 is 9.86 Å². The quantitative estimate of drug-likeness (QED) is 0.548. The fourth-order valence-electron chi connectivity index (χ4n) is 1.52. The monoisotopic (exact) mass is 340 g/mol. The van der Waals surface area contributed by atoms with Gasteiger partial charge in [0.25, 0.3) is 0 Å². The van der Waals surface area contributed by atoms with Crippen LogP contribution in [0.3, 0.4) is 0 Å². The van der Waals surface area contributed by atoms with Gasteiger partial charge < -0.3 is 0 Å². The van der Waals surface area contributed by atoms with E-state index in [1.807, 2.05) is 0 Å². The van der Waals surface area contributed by atoms with E-state index in [-0.39, 0.29) is 11.5 Å². The molecule has 9 heteroatoms. The summed E-state index contributed by atoms with van der Waals surface area (Å²) in [6.45, 7) is 0. The highest BCUT2D eigenvalue weighted by atomic mass is 35.5. The lowest BCUT2D eigenvalue weighted by atomic mass is 10.2. The molecule has 6 nitrogen and oxygen atoms in total. The lowest BCUT2D eigenvalue weighted by Gasteiger charge is -2.08. The average Bonchev–Trinajstić information content (AvgIpc) is 2.30. The molecule has 0 unspecified atom stereocenters. The summed E-state index contributed by atoms with van der Waals surface area (Å²) in [6, 6.07) is 6.03. The number of benzene rings is 1. The van der Waals surface area contributed by atoms with Gasteiger partial charge in [-0.1, -0.05) is 12.1 Å². The number of hydrogen-bond acceptors (Lipinski definition) is 4. The largest absolute Gasteiger partial charge is 0.284 e. The first kappa shape index (κ1) is 17.2. The van der Waals surface area contributed by atoms with E-state index in [4.69, 9.17) is 16.7 Å². The molecule has 20 heavy (non-hydrogen) atoms. The summed E-state index contributed by atoms with van der Waals surface area (Å²) in [6.07, 6.45) is 1.12. The highest BCUT2D eigenvalue weighted by Crippen LogP contribution is 2.13. The van der Waals surface area contributed by atoms with Gasteiger partial charge in [-0.15, -0.1) is 11.6 Å². The zero-order chi connectivity index (χ0) is 15.2. The van der Waals surface area contributed by atoms with Gasteiger partial charge in [-0.05, 0) is 30.5 Å². The first-order chi connectivity index (χ1) is 9.22. The van der Waals surface area contributed by atoms with Crippen molar-refractivity contribution in [3.63, 3.8) is 0 Å². The van der Waals surface area contributed by atoms with Crippen LogP contribution in [0.15, 0.2) is 24.3 Å². The molecule has 3 N–H and O–H groups in total. The van der Waals surface area contributed by atoms with Crippen LogP contribution in [0.1, 0.15) is 18.4 Å². The van der Waals surface area contributed by atoms with Gasteiger partial charge in [0.05, 0.1) is 11.5 Å². The summed E-state index contributed by atoms with van der Waals surface area (Å²) < 4.78 is 47.7. The van der Waals surface area contributed by atoms with E-state index in [9.17, 15) is 16.8 Å². The maximum atomic E-state index is 11.7. The van der Waals surface area contributed by atoms with Gasteiger partial charge in [0.2, 0.25) is 20.0 Å². The zero-order valence-corrected chi connectivity index (χ0v) is 13.1. The normalized spacial score (nSPS) is 12.3. The summed E-state index contributed by atoms with van der Waals surface area (Å²) in [5.41, 5.74) is 0.881. The van der Waals surface area contributed by atoms with E-state index in [0.717, 1.165) is 0 Å². The predicted molar refractivity (Wildman–Crippen MR) is 80.6 cm³/mol. The van der Waals surface area contributed by atoms with Crippen molar-refractivity contribution in [3.8, 4) is 0 Å². The average molecular weight is 341 g/mol. The molecule has 0 radical (unpaired) electrons. The third-order valence-corrected chi connectivity index (χ3v) is 4.77. The Morgan fingerprint density at radius 2 is 1.65 bits per heavy atom. The molecule has 0 heterocycles. The molecule has 0 aliphatic rings. The van der Waals surface area contributed by atoms with E-state index in [1.165, 1.54) is 24.3 Å². The molecule has 0 aliphatic heterocycles. The molecule has 1 rings (SSSR count). The number of hydrogen-bond donors (Lipinski definition) is 2. The van der Waals surface area contributed by atoms with E-state index >= 15 is 0 Å². The minimum Gasteiger partial charge on any atom is -0.284 e. The predicted octanol–water partition coefficient (Wildman–Crippen LogP) is 1.24. The third kappa shape index (κ3) is 7.09. The molecule has 0 spiro atoms. The summed E-state index contributed by atoms with van der Waals surface area (Å²) in [5, 5.41) is 4.93. The smallest absolute Gasteiger partial charge is 0.232 e. The molecule has 0 bridgehead atoms. The fourth-order valence-corrected chi connectivity index (χ4v) is 3.55. The van der Waals surface area contributed by atoms with Crippen molar-refractivity contribution in [3.05, 3.63) is 29.8 Å². The van der Waals surface area contributed by atoms with Crippen LogP contribution >= 0.6 is 11.6 Å². The van der Waals surface area contributed by atoms with Gasteiger partial charge in [0, 0.05) is 11.6 Å². The molecule has 0 aliphatic carbocycles. The molecule has 0 atom stereocenters. The topological polar surface area (TPSA) is 106 Å². The minimum absolute atomic E-state index is 0.00134. The van der Waals surface area contributed by atoms with Crippen molar-refractivity contribution in [1.29, 1.82) is 0 Å². The first-order valence-corrected chi connectivity index (χ1v) is 9.78. The van der Waals surface area contributed by atoms with E-state index < -0.39 is 20.0 Å². The molecular weight excluding hydrogens is 324 g/mol. The highest BCUT2D eigenvalue weighted by Gasteiger charge is 2.10. The highest BCUT2D eigenvalue weighted by molar-refractivity contribution is 7.92. The Bertz CT molecular complexity index is 627. The Labute approximate surface area is 124 Å². The Hall–Kier alpha value is -0.830. The third-order valence-electron chi connectivity index (χ3n) is 2.39. The second-order valence-electron chi connectivity index (χ2n) is 4.32. The van der Waals surface area contributed by atoms with E-state index in [0.29, 0.717) is 30.0 Å².